The molecule has 0 spiro atoms. The van der Waals surface area contributed by atoms with Gasteiger partial charge >= 0.3 is 0 Å². The Morgan fingerprint density at radius 1 is 1.16 bits per heavy atom. The number of nitrogens with one attached hydrogen (secondary N) is 2. The SMILES string of the molecule is ON1CCc2c([nH]c3ccccc23)C1c1ccc[nH]1. The Kier molecular flexibility index (Phi) is 2.27. The lowest BCUT2D eigenvalue weighted by atomic mass is 9.97. The van der Waals surface area contributed by atoms with E-state index in [0.29, 0.717) is 6.54 Å². The van der Waals surface area contributed by atoms with Crippen LogP contribution in [0.5, 0.6) is 0 Å². The highest BCUT2D eigenvalue weighted by molar-refractivity contribution is 5.85. The summed E-state index contributed by atoms with van der Waals surface area (Å²) >= 11 is 0. The number of hydrogen-bond donors (Lipinski definition) is 3. The highest BCUT2D eigenvalue weighted by Crippen LogP contribution is 2.36. The molecule has 4 rings (SSSR count). The maximum atomic E-state index is 10.2. The van der Waals surface area contributed by atoms with Gasteiger partial charge in [-0.3, -0.25) is 0 Å². The molecule has 1 aromatic carbocycles. The molecule has 0 fully saturated rings. The number of hydroxylamine groups is 2. The van der Waals surface area contributed by atoms with Gasteiger partial charge in [0.15, 0.2) is 0 Å². The summed E-state index contributed by atoms with van der Waals surface area (Å²) in [6.45, 7) is 0.651. The summed E-state index contributed by atoms with van der Waals surface area (Å²) in [5.41, 5.74) is 4.56. The predicted octanol–water partition coefficient (Wildman–Crippen LogP) is 2.83. The fourth-order valence-electron chi connectivity index (χ4n) is 3.06. The summed E-state index contributed by atoms with van der Waals surface area (Å²) in [7, 11) is 0. The van der Waals surface area contributed by atoms with Gasteiger partial charge in [-0.15, -0.1) is 0 Å². The Hall–Kier alpha value is -2.04. The molecule has 0 amide bonds. The first kappa shape index (κ1) is 10.8. The quantitative estimate of drug-likeness (QED) is 0.624. The molecule has 3 heterocycles. The molecule has 1 unspecified atom stereocenters. The molecule has 3 N–H and O–H groups in total. The molecule has 1 atom stereocenters. The fraction of sp³-hybridized carbons (Fsp3) is 0.200. The second-order valence-electron chi connectivity index (χ2n) is 5.00. The molecule has 2 aromatic heterocycles. The van der Waals surface area contributed by atoms with Crippen molar-refractivity contribution in [3.8, 4) is 0 Å². The number of rotatable bonds is 1. The summed E-state index contributed by atoms with van der Waals surface area (Å²) in [4.78, 5) is 6.66. The van der Waals surface area contributed by atoms with Crippen LogP contribution in [-0.4, -0.2) is 26.8 Å². The van der Waals surface area contributed by atoms with Crippen LogP contribution in [0.3, 0.4) is 0 Å². The lowest BCUT2D eigenvalue weighted by molar-refractivity contribution is -0.123. The first-order valence-electron chi connectivity index (χ1n) is 6.53. The zero-order chi connectivity index (χ0) is 12.8. The van der Waals surface area contributed by atoms with Gasteiger partial charge in [-0.2, -0.15) is 5.06 Å². The van der Waals surface area contributed by atoms with Gasteiger partial charge in [-0.05, 0) is 30.2 Å². The number of para-hydroxylation sites is 1. The zero-order valence-corrected chi connectivity index (χ0v) is 10.4. The molecule has 96 valence electrons. The van der Waals surface area contributed by atoms with Crippen molar-refractivity contribution in [1.82, 2.24) is 15.0 Å². The Labute approximate surface area is 110 Å². The third-order valence-electron chi connectivity index (χ3n) is 3.93. The standard InChI is InChI=1S/C15H15N3O/c19-18-9-7-11-10-4-1-2-5-12(10)17-14(11)15(18)13-6-3-8-16-13/h1-6,8,15-17,19H,7,9H2. The second kappa shape index (κ2) is 3.98. The van der Waals surface area contributed by atoms with Crippen LogP contribution in [-0.2, 0) is 6.42 Å². The summed E-state index contributed by atoms with van der Waals surface area (Å²) in [5.74, 6) is 0. The molecule has 0 saturated heterocycles. The van der Waals surface area contributed by atoms with Crippen molar-refractivity contribution >= 4 is 10.9 Å². The molecule has 3 aromatic rings. The number of hydrogen-bond acceptors (Lipinski definition) is 2. The number of benzene rings is 1. The fourth-order valence-corrected chi connectivity index (χ4v) is 3.06. The summed E-state index contributed by atoms with van der Waals surface area (Å²) in [5, 5.41) is 12.9. The van der Waals surface area contributed by atoms with E-state index in [1.807, 2.05) is 24.4 Å². The Balaban J connectivity index is 1.95. The van der Waals surface area contributed by atoms with Crippen molar-refractivity contribution in [3.63, 3.8) is 0 Å². The molecule has 1 aliphatic rings. The first-order valence-corrected chi connectivity index (χ1v) is 6.53. The van der Waals surface area contributed by atoms with E-state index < -0.39 is 0 Å². The van der Waals surface area contributed by atoms with Crippen LogP contribution >= 0.6 is 0 Å². The highest BCUT2D eigenvalue weighted by Gasteiger charge is 2.31. The maximum absolute atomic E-state index is 10.2. The highest BCUT2D eigenvalue weighted by atomic mass is 16.5. The predicted molar refractivity (Wildman–Crippen MR) is 73.1 cm³/mol. The molecule has 4 nitrogen and oxygen atoms in total. The number of aromatic nitrogens is 2. The topological polar surface area (TPSA) is 55.0 Å². The van der Waals surface area contributed by atoms with E-state index in [0.717, 1.165) is 23.3 Å². The smallest absolute Gasteiger partial charge is 0.115 e. The van der Waals surface area contributed by atoms with Crippen LogP contribution in [0.4, 0.5) is 0 Å². The summed E-state index contributed by atoms with van der Waals surface area (Å²) < 4.78 is 0. The molecule has 0 aliphatic carbocycles. The van der Waals surface area contributed by atoms with Crippen LogP contribution in [0.25, 0.3) is 10.9 Å². The van der Waals surface area contributed by atoms with Crippen LogP contribution in [0.2, 0.25) is 0 Å². The normalized spacial score (nSPS) is 19.7. The molecular formula is C15H15N3O. The Bertz CT molecular complexity index is 714. The average molecular weight is 253 g/mol. The molecule has 0 saturated carbocycles. The molecule has 19 heavy (non-hydrogen) atoms. The summed E-state index contributed by atoms with van der Waals surface area (Å²) in [6.07, 6.45) is 2.76. The van der Waals surface area contributed by atoms with Gasteiger partial charge in [0.05, 0.1) is 0 Å². The van der Waals surface area contributed by atoms with Gasteiger partial charge in [0.1, 0.15) is 6.04 Å². The van der Waals surface area contributed by atoms with Crippen LogP contribution < -0.4 is 0 Å². The molecule has 1 aliphatic heterocycles. The Morgan fingerprint density at radius 2 is 2.05 bits per heavy atom. The van der Waals surface area contributed by atoms with Crippen molar-refractivity contribution in [2.45, 2.75) is 12.5 Å². The number of fused-ring (bicyclic) bond motifs is 3. The minimum Gasteiger partial charge on any atom is -0.363 e. The third kappa shape index (κ3) is 1.54. The largest absolute Gasteiger partial charge is 0.363 e. The molecular weight excluding hydrogens is 238 g/mol. The molecule has 4 heteroatoms. The van der Waals surface area contributed by atoms with Gasteiger partial charge in [-0.1, -0.05) is 18.2 Å². The zero-order valence-electron chi connectivity index (χ0n) is 10.4. The van der Waals surface area contributed by atoms with Crippen molar-refractivity contribution in [1.29, 1.82) is 0 Å². The van der Waals surface area contributed by atoms with Gasteiger partial charge in [-0.25, -0.2) is 0 Å². The summed E-state index contributed by atoms with van der Waals surface area (Å²) in [6, 6.07) is 12.2. The lowest BCUT2D eigenvalue weighted by Crippen LogP contribution is -2.33. The first-order chi connectivity index (χ1) is 9.34. The van der Waals surface area contributed by atoms with Crippen LogP contribution in [0.15, 0.2) is 42.6 Å². The second-order valence-corrected chi connectivity index (χ2v) is 5.00. The minimum atomic E-state index is -0.133. The van der Waals surface area contributed by atoms with Crippen LogP contribution in [0.1, 0.15) is 23.0 Å². The minimum absolute atomic E-state index is 0.133. The van der Waals surface area contributed by atoms with Gasteiger partial charge in [0.25, 0.3) is 0 Å². The van der Waals surface area contributed by atoms with Crippen molar-refractivity contribution < 1.29 is 5.21 Å². The van der Waals surface area contributed by atoms with E-state index in [2.05, 4.69) is 28.2 Å². The lowest BCUT2D eigenvalue weighted by Gasteiger charge is -2.30. The van der Waals surface area contributed by atoms with E-state index in [-0.39, 0.29) is 6.04 Å². The third-order valence-corrected chi connectivity index (χ3v) is 3.93. The monoisotopic (exact) mass is 253 g/mol. The van der Waals surface area contributed by atoms with Gasteiger partial charge < -0.3 is 15.2 Å². The van der Waals surface area contributed by atoms with Crippen molar-refractivity contribution in [2.24, 2.45) is 0 Å². The van der Waals surface area contributed by atoms with Gasteiger partial charge in [0.2, 0.25) is 0 Å². The number of H-pyrrole nitrogens is 2. The van der Waals surface area contributed by atoms with Crippen molar-refractivity contribution in [3.05, 3.63) is 59.5 Å². The van der Waals surface area contributed by atoms with Gasteiger partial charge in [0, 0.05) is 35.0 Å². The van der Waals surface area contributed by atoms with E-state index in [1.54, 1.807) is 0 Å². The average Bonchev–Trinajstić information content (AvgIpc) is 3.05. The maximum Gasteiger partial charge on any atom is 0.115 e. The van der Waals surface area contributed by atoms with Crippen molar-refractivity contribution in [2.75, 3.05) is 6.54 Å². The number of aromatic amines is 2. The number of nitrogens with zero attached hydrogens (tertiary/aromatic N) is 1. The van der Waals surface area contributed by atoms with E-state index >= 15 is 0 Å². The Morgan fingerprint density at radius 3 is 2.89 bits per heavy atom. The molecule has 0 radical (unpaired) electrons. The van der Waals surface area contributed by atoms with Crippen LogP contribution in [0, 0.1) is 0 Å². The van der Waals surface area contributed by atoms with E-state index in [4.69, 9.17) is 0 Å². The molecule has 0 bridgehead atoms. The van der Waals surface area contributed by atoms with E-state index in [1.165, 1.54) is 16.0 Å². The van der Waals surface area contributed by atoms with E-state index in [9.17, 15) is 5.21 Å².